The van der Waals surface area contributed by atoms with E-state index in [1.807, 2.05) is 90.9 Å². The number of hydrogen-bond acceptors (Lipinski definition) is 7. The Morgan fingerprint density at radius 2 is 1.06 bits per heavy atom. The normalized spacial score (nSPS) is 13.0. The Balaban J connectivity index is -0.000000673. The fourth-order valence-electron chi connectivity index (χ4n) is 5.84. The molecule has 2 aliphatic rings. The molecule has 0 saturated heterocycles. The molecule has 0 unspecified atom stereocenters. The highest BCUT2D eigenvalue weighted by Gasteiger charge is 2.20. The molecule has 2 fully saturated rings. The molecule has 4 rings (SSSR count). The molecule has 8 heteroatoms. The second-order valence-electron chi connectivity index (χ2n) is 18.8. The highest BCUT2D eigenvalue weighted by atomic mass is 16.5. The number of Topliss-reactive ketones (excluding diaryl/α,β-unsaturated/α-hetero) is 2. The molecule has 358 valence electrons. The minimum atomic E-state index is -0.153. The van der Waals surface area contributed by atoms with Crippen LogP contribution >= 0.6 is 0 Å². The topological polar surface area (TPSA) is 108 Å². The van der Waals surface area contributed by atoms with Gasteiger partial charge in [-0.15, -0.1) is 0 Å². The molecule has 62 heavy (non-hydrogen) atoms. The Kier molecular flexibility index (Phi) is 38.2. The average molecular weight is 870 g/mol. The van der Waals surface area contributed by atoms with Gasteiger partial charge in [-0.2, -0.15) is 0 Å². The molecule has 0 spiro atoms. The van der Waals surface area contributed by atoms with E-state index in [0.29, 0.717) is 24.7 Å². The average Bonchev–Trinajstić information content (AvgIpc) is 3.76. The zero-order valence-electron chi connectivity index (χ0n) is 43.2. The second kappa shape index (κ2) is 37.8. The summed E-state index contributed by atoms with van der Waals surface area (Å²) < 4.78 is 14.8. The van der Waals surface area contributed by atoms with Crippen LogP contribution in [0.25, 0.3) is 0 Å². The lowest BCUT2D eigenvalue weighted by molar-refractivity contribution is -0.144. The third kappa shape index (κ3) is 33.9. The van der Waals surface area contributed by atoms with Crippen molar-refractivity contribution >= 4 is 23.4 Å². The first kappa shape index (κ1) is 62.6. The maximum Gasteiger partial charge on any atom is 0.308 e. The lowest BCUT2D eigenvalue weighted by Gasteiger charge is -2.28. The van der Waals surface area contributed by atoms with E-state index in [9.17, 15) is 19.2 Å². The number of esters is 1. The quantitative estimate of drug-likeness (QED) is 0.200. The number of methoxy groups -OCH3 is 3. The molecule has 2 aromatic rings. The van der Waals surface area contributed by atoms with Crippen LogP contribution in [0.2, 0.25) is 0 Å². The molecule has 0 heterocycles. The number of hydrogen-bond donors (Lipinski definition) is 1. The zero-order chi connectivity index (χ0) is 48.4. The first-order valence-electron chi connectivity index (χ1n) is 23.6. The van der Waals surface area contributed by atoms with Crippen molar-refractivity contribution in [1.29, 1.82) is 0 Å². The van der Waals surface area contributed by atoms with Crippen LogP contribution in [0.15, 0.2) is 48.5 Å². The van der Waals surface area contributed by atoms with Gasteiger partial charge in [-0.05, 0) is 66.2 Å². The number of benzene rings is 2. The van der Waals surface area contributed by atoms with Crippen molar-refractivity contribution in [3.63, 3.8) is 0 Å². The van der Waals surface area contributed by atoms with Gasteiger partial charge in [-0.25, -0.2) is 0 Å². The molecule has 2 saturated carbocycles. The second-order valence-corrected chi connectivity index (χ2v) is 18.8. The molecular formula is C54H95NO7. The highest BCUT2D eigenvalue weighted by molar-refractivity contribution is 5.79. The van der Waals surface area contributed by atoms with Gasteiger partial charge in [0.15, 0.2) is 11.5 Å². The van der Waals surface area contributed by atoms with Gasteiger partial charge in [0.25, 0.3) is 0 Å². The van der Waals surface area contributed by atoms with Crippen molar-refractivity contribution in [3.05, 3.63) is 59.7 Å². The van der Waals surface area contributed by atoms with Crippen LogP contribution < -0.4 is 14.8 Å². The smallest absolute Gasteiger partial charge is 0.308 e. The zero-order valence-corrected chi connectivity index (χ0v) is 43.2. The van der Waals surface area contributed by atoms with Crippen molar-refractivity contribution in [2.75, 3.05) is 21.3 Å². The van der Waals surface area contributed by atoms with Gasteiger partial charge in [0, 0.05) is 30.7 Å². The number of amides is 1. The molecular weight excluding hydrogens is 775 g/mol. The number of carbonyl (C=O) groups is 4. The Morgan fingerprint density at radius 1 is 0.597 bits per heavy atom. The summed E-state index contributed by atoms with van der Waals surface area (Å²) in [5.41, 5.74) is 2.43. The summed E-state index contributed by atoms with van der Waals surface area (Å²) in [6, 6.07) is 16.0. The van der Waals surface area contributed by atoms with Crippen LogP contribution in [0.5, 0.6) is 11.5 Å². The predicted molar refractivity (Wildman–Crippen MR) is 263 cm³/mol. The molecule has 2 aliphatic carbocycles. The molecule has 0 bridgehead atoms. The van der Waals surface area contributed by atoms with Crippen LogP contribution in [0.4, 0.5) is 0 Å². The maximum atomic E-state index is 11.2. The Morgan fingerprint density at radius 3 is 1.32 bits per heavy atom. The summed E-state index contributed by atoms with van der Waals surface area (Å²) in [5.74, 6) is 7.36. The summed E-state index contributed by atoms with van der Waals surface area (Å²) in [4.78, 5) is 42.1. The van der Waals surface area contributed by atoms with E-state index in [-0.39, 0.29) is 41.3 Å². The number of ether oxygens (including phenoxy) is 3. The van der Waals surface area contributed by atoms with Gasteiger partial charge < -0.3 is 19.5 Å². The summed E-state index contributed by atoms with van der Waals surface area (Å²) >= 11 is 0. The molecule has 1 N–H and O–H groups in total. The summed E-state index contributed by atoms with van der Waals surface area (Å²) in [6.07, 6.45) is 12.2. The minimum absolute atomic E-state index is 0.00463. The third-order valence-electron chi connectivity index (χ3n) is 10.8. The van der Waals surface area contributed by atoms with Gasteiger partial charge in [0.1, 0.15) is 11.6 Å². The number of carbonyl (C=O) groups excluding carboxylic acids is 4. The van der Waals surface area contributed by atoms with Gasteiger partial charge in [0.2, 0.25) is 5.91 Å². The van der Waals surface area contributed by atoms with Crippen molar-refractivity contribution < 1.29 is 33.4 Å². The van der Waals surface area contributed by atoms with E-state index in [1.54, 1.807) is 35.0 Å². The van der Waals surface area contributed by atoms with E-state index in [1.165, 1.54) is 57.6 Å². The fraction of sp³-hybridized carbons (Fsp3) is 0.704. The predicted octanol–water partition coefficient (Wildman–Crippen LogP) is 13.8. The molecule has 0 atom stereocenters. The van der Waals surface area contributed by atoms with Crippen molar-refractivity contribution in [2.24, 2.45) is 53.3 Å². The SMILES string of the molecule is CC(=O)C(C)C.CC(C)C(=O)NCc1ccccc1.CC(C)C1CCC1.CC(C)C1CCCC1.CCC(=O)C(C)C.COC(=O)C(C)C.COc1ccc(CC(C)C)cc1OC. The summed E-state index contributed by atoms with van der Waals surface area (Å²) in [7, 11) is 4.71. The maximum absolute atomic E-state index is 11.2. The number of ketones is 2. The van der Waals surface area contributed by atoms with Crippen LogP contribution in [0, 0.1) is 53.3 Å². The first-order valence-corrected chi connectivity index (χ1v) is 23.6. The van der Waals surface area contributed by atoms with E-state index in [4.69, 9.17) is 9.47 Å². The van der Waals surface area contributed by atoms with Gasteiger partial charge >= 0.3 is 5.97 Å². The van der Waals surface area contributed by atoms with Crippen molar-refractivity contribution in [2.45, 2.75) is 175 Å². The summed E-state index contributed by atoms with van der Waals surface area (Å²) in [5, 5.41) is 2.86. The molecule has 0 aromatic heterocycles. The minimum Gasteiger partial charge on any atom is -0.493 e. The highest BCUT2D eigenvalue weighted by Crippen LogP contribution is 2.32. The van der Waals surface area contributed by atoms with E-state index in [2.05, 4.69) is 57.7 Å². The largest absolute Gasteiger partial charge is 0.493 e. The van der Waals surface area contributed by atoms with Crippen LogP contribution in [0.3, 0.4) is 0 Å². The number of nitrogens with one attached hydrogen (secondary N) is 1. The lowest BCUT2D eigenvalue weighted by Crippen LogP contribution is -2.26. The van der Waals surface area contributed by atoms with Crippen LogP contribution in [-0.2, 0) is 36.9 Å². The van der Waals surface area contributed by atoms with Crippen LogP contribution in [-0.4, -0.2) is 44.8 Å². The van der Waals surface area contributed by atoms with Gasteiger partial charge in [-0.3, -0.25) is 19.2 Å². The lowest BCUT2D eigenvalue weighted by atomic mass is 9.78. The van der Waals surface area contributed by atoms with E-state index < -0.39 is 0 Å². The standard InChI is InChI=1S/C12H18O2.C11H15NO.C8H16.C7H14.C6H12O.C5H10O2.C5H10O/c1-9(2)7-10-5-6-11(13-3)12(8-10)14-4;1-9(2)11(13)12-8-10-6-4-3-5-7-10;1-7(2)8-5-3-4-6-8;1-6(2)7-4-3-5-7;1-4-6(7)5(2)3;1-4(2)5(6)7-3;1-4(2)5(3)6/h5-6,8-9H,7H2,1-4H3;3-7,9H,8H2,1-2H3,(H,12,13);7-8H,3-6H2,1-2H3;6-7H,3-5H2,1-2H3;5H,4H2,1-3H3;4H,1-3H3;4H,1-3H3. The number of rotatable bonds is 13. The van der Waals surface area contributed by atoms with Gasteiger partial charge in [0.05, 0.1) is 27.2 Å². The first-order chi connectivity index (χ1) is 29.0. The molecule has 1 amide bonds. The Labute approximate surface area is 381 Å². The third-order valence-corrected chi connectivity index (χ3v) is 10.8. The molecule has 8 nitrogen and oxygen atoms in total. The van der Waals surface area contributed by atoms with Crippen molar-refractivity contribution in [1.82, 2.24) is 5.32 Å². The molecule has 0 aliphatic heterocycles. The van der Waals surface area contributed by atoms with Crippen LogP contribution in [0.1, 0.15) is 173 Å². The van der Waals surface area contributed by atoms with Gasteiger partial charge in [-0.1, -0.05) is 185 Å². The Hall–Kier alpha value is -3.68. The van der Waals surface area contributed by atoms with Crippen molar-refractivity contribution in [3.8, 4) is 11.5 Å². The Bertz CT molecular complexity index is 1400. The van der Waals surface area contributed by atoms with E-state index in [0.717, 1.165) is 47.2 Å². The monoisotopic (exact) mass is 870 g/mol. The molecule has 2 aromatic carbocycles. The molecule has 0 radical (unpaired) electrons. The fourth-order valence-corrected chi connectivity index (χ4v) is 5.84. The van der Waals surface area contributed by atoms with E-state index >= 15 is 0 Å². The summed E-state index contributed by atoms with van der Waals surface area (Å²) in [6.45, 7) is 32.9.